The molecule has 0 aliphatic carbocycles. The van der Waals surface area contributed by atoms with Crippen LogP contribution in [0.3, 0.4) is 0 Å². The average molecular weight is 454 g/mol. The molecule has 1 fully saturated rings. The molecule has 0 radical (unpaired) electrons. The number of aryl methyl sites for hydroxylation is 1. The van der Waals surface area contributed by atoms with Gasteiger partial charge in [-0.2, -0.15) is 0 Å². The molecule has 0 saturated carbocycles. The fourth-order valence-electron chi connectivity index (χ4n) is 3.81. The average Bonchev–Trinajstić information content (AvgIpc) is 2.79. The summed E-state index contributed by atoms with van der Waals surface area (Å²) in [7, 11) is -3.27. The number of rotatable bonds is 6. The number of ether oxygens (including phenoxy) is 1. The molecule has 0 spiro atoms. The highest BCUT2D eigenvalue weighted by Crippen LogP contribution is 2.22. The molecule has 0 bridgehead atoms. The molecule has 3 heterocycles. The lowest BCUT2D eigenvalue weighted by atomic mass is 10.1. The molecule has 32 heavy (non-hydrogen) atoms. The number of anilines is 1. The maximum absolute atomic E-state index is 12.6. The molecule has 0 amide bonds. The monoisotopic (exact) mass is 453 g/mol. The van der Waals surface area contributed by atoms with Crippen LogP contribution in [0.15, 0.2) is 70.6 Å². The van der Waals surface area contributed by atoms with Crippen LogP contribution in [0.4, 0.5) is 5.82 Å². The first-order valence-corrected chi connectivity index (χ1v) is 12.6. The van der Waals surface area contributed by atoms with Gasteiger partial charge in [0, 0.05) is 56.3 Å². The van der Waals surface area contributed by atoms with Crippen LogP contribution in [-0.4, -0.2) is 43.4 Å². The van der Waals surface area contributed by atoms with Gasteiger partial charge < -0.3 is 9.64 Å². The van der Waals surface area contributed by atoms with Gasteiger partial charge in [0.1, 0.15) is 17.7 Å². The van der Waals surface area contributed by atoms with E-state index in [1.54, 1.807) is 24.4 Å². The standard InChI is InChI=1S/C24H27N3O4S/c1-3-18-4-9-23(25-17-18)26-13-10-20(11-14-26)31-21-12-15-27(24(28)16-21)19-5-7-22(8-6-19)32(2,29)30/h4-9,12,15-17,20H,3,10-11,13-14H2,1-2H3. The molecular formula is C24H27N3O4S. The lowest BCUT2D eigenvalue weighted by Gasteiger charge is -2.33. The van der Waals surface area contributed by atoms with E-state index in [9.17, 15) is 13.2 Å². The van der Waals surface area contributed by atoms with Crippen molar-refractivity contribution in [3.63, 3.8) is 0 Å². The number of nitrogens with zero attached hydrogens (tertiary/aromatic N) is 3. The predicted octanol–water partition coefficient (Wildman–Crippen LogP) is 3.25. The minimum Gasteiger partial charge on any atom is -0.490 e. The smallest absolute Gasteiger partial charge is 0.258 e. The number of piperidine rings is 1. The Morgan fingerprint density at radius 1 is 1.06 bits per heavy atom. The molecule has 8 heteroatoms. The van der Waals surface area contributed by atoms with Crippen molar-refractivity contribution in [3.8, 4) is 11.4 Å². The zero-order chi connectivity index (χ0) is 22.7. The third-order valence-electron chi connectivity index (χ3n) is 5.72. The first-order valence-electron chi connectivity index (χ1n) is 10.7. The molecule has 168 valence electrons. The van der Waals surface area contributed by atoms with Crippen molar-refractivity contribution in [1.82, 2.24) is 9.55 Å². The van der Waals surface area contributed by atoms with Gasteiger partial charge >= 0.3 is 0 Å². The first kappa shape index (κ1) is 22.1. The van der Waals surface area contributed by atoms with E-state index >= 15 is 0 Å². The summed E-state index contributed by atoms with van der Waals surface area (Å²) in [5.41, 5.74) is 1.60. The number of benzene rings is 1. The highest BCUT2D eigenvalue weighted by atomic mass is 32.2. The zero-order valence-corrected chi connectivity index (χ0v) is 19.1. The van der Waals surface area contributed by atoms with Gasteiger partial charge in [-0.1, -0.05) is 13.0 Å². The Morgan fingerprint density at radius 3 is 2.34 bits per heavy atom. The van der Waals surface area contributed by atoms with Crippen LogP contribution in [0.25, 0.3) is 5.69 Å². The molecule has 1 aromatic carbocycles. The van der Waals surface area contributed by atoms with Crippen molar-refractivity contribution >= 4 is 15.7 Å². The second kappa shape index (κ2) is 9.16. The maximum atomic E-state index is 12.6. The fraction of sp³-hybridized carbons (Fsp3) is 0.333. The van der Waals surface area contributed by atoms with Gasteiger partial charge in [-0.3, -0.25) is 9.36 Å². The predicted molar refractivity (Wildman–Crippen MR) is 125 cm³/mol. The zero-order valence-electron chi connectivity index (χ0n) is 18.3. The Kier molecular flexibility index (Phi) is 6.32. The molecular weight excluding hydrogens is 426 g/mol. The normalized spacial score (nSPS) is 15.0. The van der Waals surface area contributed by atoms with Crippen LogP contribution in [0.2, 0.25) is 0 Å². The van der Waals surface area contributed by atoms with E-state index in [0.717, 1.165) is 44.4 Å². The van der Waals surface area contributed by atoms with Gasteiger partial charge in [0.15, 0.2) is 9.84 Å². The third kappa shape index (κ3) is 5.02. The minimum absolute atomic E-state index is 0.0467. The molecule has 0 N–H and O–H groups in total. The molecule has 1 aliphatic heterocycles. The van der Waals surface area contributed by atoms with Gasteiger partial charge in [0.25, 0.3) is 5.56 Å². The molecule has 3 aromatic rings. The van der Waals surface area contributed by atoms with Crippen molar-refractivity contribution in [2.24, 2.45) is 0 Å². The third-order valence-corrected chi connectivity index (χ3v) is 6.85. The van der Waals surface area contributed by atoms with Crippen molar-refractivity contribution < 1.29 is 13.2 Å². The second-order valence-electron chi connectivity index (χ2n) is 8.02. The molecule has 2 aromatic heterocycles. The Labute approximate surface area is 188 Å². The number of hydrogen-bond acceptors (Lipinski definition) is 6. The summed E-state index contributed by atoms with van der Waals surface area (Å²) in [6, 6.07) is 13.7. The molecule has 4 rings (SSSR count). The quantitative estimate of drug-likeness (QED) is 0.570. The van der Waals surface area contributed by atoms with Crippen LogP contribution >= 0.6 is 0 Å². The van der Waals surface area contributed by atoms with E-state index in [1.165, 1.54) is 28.3 Å². The molecule has 1 aliphatic rings. The Bertz CT molecular complexity index is 1230. The Morgan fingerprint density at radius 2 is 1.78 bits per heavy atom. The van der Waals surface area contributed by atoms with E-state index in [2.05, 4.69) is 28.9 Å². The first-order chi connectivity index (χ1) is 15.3. The topological polar surface area (TPSA) is 81.5 Å². The van der Waals surface area contributed by atoms with Crippen molar-refractivity contribution in [3.05, 3.63) is 76.8 Å². The van der Waals surface area contributed by atoms with Crippen LogP contribution in [0.1, 0.15) is 25.3 Å². The number of aromatic nitrogens is 2. The van der Waals surface area contributed by atoms with Crippen LogP contribution in [-0.2, 0) is 16.3 Å². The minimum atomic E-state index is -3.27. The van der Waals surface area contributed by atoms with E-state index in [-0.39, 0.29) is 16.6 Å². The van der Waals surface area contributed by atoms with Crippen molar-refractivity contribution in [2.75, 3.05) is 24.2 Å². The summed E-state index contributed by atoms with van der Waals surface area (Å²) in [4.78, 5) is 19.6. The lowest BCUT2D eigenvalue weighted by Crippen LogP contribution is -2.38. The second-order valence-corrected chi connectivity index (χ2v) is 10.0. The van der Waals surface area contributed by atoms with Crippen molar-refractivity contribution in [1.29, 1.82) is 0 Å². The van der Waals surface area contributed by atoms with Crippen LogP contribution in [0.5, 0.6) is 5.75 Å². The summed E-state index contributed by atoms with van der Waals surface area (Å²) < 4.78 is 30.8. The van der Waals surface area contributed by atoms with E-state index < -0.39 is 9.84 Å². The SMILES string of the molecule is CCc1ccc(N2CCC(Oc3ccn(-c4ccc(S(C)(=O)=O)cc4)c(=O)c3)CC2)nc1. The van der Waals surface area contributed by atoms with Gasteiger partial charge in [-0.05, 0) is 48.4 Å². The largest absolute Gasteiger partial charge is 0.490 e. The van der Waals surface area contributed by atoms with E-state index in [1.807, 2.05) is 6.20 Å². The number of pyridine rings is 2. The van der Waals surface area contributed by atoms with E-state index in [0.29, 0.717) is 11.4 Å². The molecule has 7 nitrogen and oxygen atoms in total. The number of sulfone groups is 1. The summed E-state index contributed by atoms with van der Waals surface area (Å²) >= 11 is 0. The maximum Gasteiger partial charge on any atom is 0.258 e. The summed E-state index contributed by atoms with van der Waals surface area (Å²) in [6.45, 7) is 3.83. The Hall–Kier alpha value is -3.13. The summed E-state index contributed by atoms with van der Waals surface area (Å²) in [6.07, 6.45) is 7.48. The molecule has 0 atom stereocenters. The van der Waals surface area contributed by atoms with Gasteiger partial charge in [-0.15, -0.1) is 0 Å². The summed E-state index contributed by atoms with van der Waals surface area (Å²) in [5, 5.41) is 0. The van der Waals surface area contributed by atoms with Gasteiger partial charge in [-0.25, -0.2) is 13.4 Å². The van der Waals surface area contributed by atoms with Crippen molar-refractivity contribution in [2.45, 2.75) is 37.2 Å². The van der Waals surface area contributed by atoms with Crippen LogP contribution < -0.4 is 15.2 Å². The van der Waals surface area contributed by atoms with Gasteiger partial charge in [0.05, 0.1) is 4.90 Å². The number of hydrogen-bond donors (Lipinski definition) is 0. The molecule has 1 saturated heterocycles. The van der Waals surface area contributed by atoms with Gasteiger partial charge in [0.2, 0.25) is 0 Å². The fourth-order valence-corrected chi connectivity index (χ4v) is 4.44. The Balaban J connectivity index is 1.38. The van der Waals surface area contributed by atoms with E-state index in [4.69, 9.17) is 4.74 Å². The van der Waals surface area contributed by atoms with Crippen LogP contribution in [0, 0.1) is 0 Å². The lowest BCUT2D eigenvalue weighted by molar-refractivity contribution is 0.170. The highest BCUT2D eigenvalue weighted by molar-refractivity contribution is 7.90. The molecule has 0 unspecified atom stereocenters. The summed E-state index contributed by atoms with van der Waals surface area (Å²) in [5.74, 6) is 1.54. The highest BCUT2D eigenvalue weighted by Gasteiger charge is 2.21.